The van der Waals surface area contributed by atoms with Gasteiger partial charge in [-0.2, -0.15) is 0 Å². The number of hydrogen-bond acceptors (Lipinski definition) is 4. The van der Waals surface area contributed by atoms with Crippen molar-refractivity contribution in [2.75, 3.05) is 30.0 Å². The molecule has 0 aliphatic carbocycles. The van der Waals surface area contributed by atoms with Crippen LogP contribution in [0.1, 0.15) is 27.7 Å². The van der Waals surface area contributed by atoms with Crippen LogP contribution >= 0.6 is 23.2 Å². The maximum Gasteiger partial charge on any atom is 0.262 e. The third-order valence-electron chi connectivity index (χ3n) is 4.75. The van der Waals surface area contributed by atoms with Gasteiger partial charge in [0.25, 0.3) is 5.91 Å². The number of amides is 2. The molecule has 0 atom stereocenters. The van der Waals surface area contributed by atoms with Crippen molar-refractivity contribution in [1.29, 1.82) is 0 Å². The number of hydrogen-bond donors (Lipinski definition) is 1. The first-order chi connectivity index (χ1) is 14.6. The van der Waals surface area contributed by atoms with Crippen LogP contribution in [0.15, 0.2) is 36.4 Å². The van der Waals surface area contributed by atoms with E-state index >= 15 is 0 Å². The Bertz CT molecular complexity index is 992. The summed E-state index contributed by atoms with van der Waals surface area (Å²) in [4.78, 5) is 27.3. The predicted molar refractivity (Wildman–Crippen MR) is 123 cm³/mol. The normalized spacial score (nSPS) is 15.2. The van der Waals surface area contributed by atoms with E-state index in [0.717, 1.165) is 0 Å². The summed E-state index contributed by atoms with van der Waals surface area (Å²) in [5.74, 6) is 0.877. The molecule has 0 bridgehead atoms. The number of ether oxygens (including phenoxy) is 2. The summed E-state index contributed by atoms with van der Waals surface area (Å²) in [6.45, 7) is 8.46. The van der Waals surface area contributed by atoms with E-state index in [4.69, 9.17) is 32.7 Å². The van der Waals surface area contributed by atoms with Gasteiger partial charge in [-0.3, -0.25) is 9.59 Å². The summed E-state index contributed by atoms with van der Waals surface area (Å²) in [6.07, 6.45) is 0. The predicted octanol–water partition coefficient (Wildman–Crippen LogP) is 5.42. The Kier molecular flexibility index (Phi) is 7.02. The van der Waals surface area contributed by atoms with Crippen LogP contribution in [0.4, 0.5) is 11.4 Å². The number of fused-ring (bicyclic) bond motifs is 1. The minimum atomic E-state index is -0.650. The first-order valence-corrected chi connectivity index (χ1v) is 10.8. The van der Waals surface area contributed by atoms with Crippen molar-refractivity contribution >= 4 is 46.4 Å². The van der Waals surface area contributed by atoms with E-state index in [1.807, 2.05) is 13.8 Å². The third-order valence-corrected chi connectivity index (χ3v) is 5.28. The molecule has 0 radical (unpaired) electrons. The fourth-order valence-corrected chi connectivity index (χ4v) is 3.66. The second-order valence-electron chi connectivity index (χ2n) is 8.58. The van der Waals surface area contributed by atoms with E-state index in [0.29, 0.717) is 39.5 Å². The summed E-state index contributed by atoms with van der Waals surface area (Å²) >= 11 is 11.9. The van der Waals surface area contributed by atoms with Crippen molar-refractivity contribution in [2.24, 2.45) is 11.3 Å². The second-order valence-corrected chi connectivity index (χ2v) is 9.42. The zero-order chi connectivity index (χ0) is 22.8. The molecule has 1 heterocycles. The minimum absolute atomic E-state index is 0.0101. The van der Waals surface area contributed by atoms with Gasteiger partial charge in [0.1, 0.15) is 18.1 Å². The first-order valence-electron chi connectivity index (χ1n) is 10.0. The molecule has 1 aliphatic heterocycles. The Labute approximate surface area is 192 Å². The lowest BCUT2D eigenvalue weighted by Gasteiger charge is -2.29. The Morgan fingerprint density at radius 1 is 1.23 bits per heavy atom. The van der Waals surface area contributed by atoms with Crippen molar-refractivity contribution in [1.82, 2.24) is 0 Å². The molecule has 0 saturated carbocycles. The quantitative estimate of drug-likeness (QED) is 0.619. The van der Waals surface area contributed by atoms with Gasteiger partial charge in [0, 0.05) is 17.3 Å². The lowest BCUT2D eigenvalue weighted by Crippen LogP contribution is -2.43. The van der Waals surface area contributed by atoms with Crippen LogP contribution in [0.3, 0.4) is 0 Å². The molecule has 3 rings (SSSR count). The third kappa shape index (κ3) is 5.63. The first kappa shape index (κ1) is 23.2. The Hall–Kier alpha value is -2.44. The molecule has 1 N–H and O–H groups in total. The number of halogens is 2. The molecule has 1 aliphatic rings. The van der Waals surface area contributed by atoms with Crippen molar-refractivity contribution < 1.29 is 19.1 Å². The van der Waals surface area contributed by atoms with Gasteiger partial charge in [-0.05, 0) is 56.2 Å². The largest absolute Gasteiger partial charge is 0.490 e. The van der Waals surface area contributed by atoms with Crippen LogP contribution in [0, 0.1) is 11.3 Å². The van der Waals surface area contributed by atoms with Crippen LogP contribution in [0.5, 0.6) is 11.5 Å². The Morgan fingerprint density at radius 2 is 1.97 bits per heavy atom. The number of carbonyl (C=O) groups excluding carboxylic acids is 2. The molecular formula is C23H26Cl2N2O4. The maximum absolute atomic E-state index is 13.1. The number of nitrogens with one attached hydrogen (secondary N) is 1. The number of rotatable bonds is 6. The highest BCUT2D eigenvalue weighted by atomic mass is 35.5. The van der Waals surface area contributed by atoms with Gasteiger partial charge < -0.3 is 19.7 Å². The summed E-state index contributed by atoms with van der Waals surface area (Å²) < 4.78 is 11.4. The molecule has 0 fully saturated rings. The molecule has 2 aromatic rings. The van der Waals surface area contributed by atoms with Gasteiger partial charge in [-0.1, -0.05) is 37.0 Å². The van der Waals surface area contributed by atoms with Gasteiger partial charge in [0.2, 0.25) is 5.91 Å². The standard InChI is InChI=1S/C23H26Cl2N2O4/c1-14(2)11-27-18-10-16(6-8-20(18)31-13-23(3,4)22(27)29)26-21(28)12-30-19-7-5-15(24)9-17(19)25/h5-10,14H,11-13H2,1-4H3,(H,26,28). The fourth-order valence-electron chi connectivity index (χ4n) is 3.20. The smallest absolute Gasteiger partial charge is 0.262 e. The van der Waals surface area contributed by atoms with Crippen LogP contribution in [-0.4, -0.2) is 31.6 Å². The molecule has 0 spiro atoms. The van der Waals surface area contributed by atoms with Gasteiger partial charge >= 0.3 is 0 Å². The van der Waals surface area contributed by atoms with Crippen LogP contribution < -0.4 is 19.7 Å². The van der Waals surface area contributed by atoms with Gasteiger partial charge in [-0.15, -0.1) is 0 Å². The SMILES string of the molecule is CC(C)CN1C(=O)C(C)(C)COc2ccc(NC(=O)COc3ccc(Cl)cc3Cl)cc21. The molecule has 2 amide bonds. The Balaban J connectivity index is 1.76. The molecule has 8 heteroatoms. The topological polar surface area (TPSA) is 67.9 Å². The summed E-state index contributed by atoms with van der Waals surface area (Å²) in [5.41, 5.74) is 0.534. The van der Waals surface area contributed by atoms with Gasteiger partial charge in [-0.25, -0.2) is 0 Å². The average Bonchev–Trinajstić information content (AvgIpc) is 2.77. The lowest BCUT2D eigenvalue weighted by atomic mass is 9.92. The zero-order valence-electron chi connectivity index (χ0n) is 18.0. The summed E-state index contributed by atoms with van der Waals surface area (Å²) in [7, 11) is 0. The highest BCUT2D eigenvalue weighted by molar-refractivity contribution is 6.35. The van der Waals surface area contributed by atoms with Crippen LogP contribution in [-0.2, 0) is 9.59 Å². The second kappa shape index (κ2) is 9.37. The molecule has 2 aromatic carbocycles. The minimum Gasteiger partial charge on any atom is -0.490 e. The molecule has 6 nitrogen and oxygen atoms in total. The van der Waals surface area contributed by atoms with Crippen molar-refractivity contribution in [3.63, 3.8) is 0 Å². The molecule has 166 valence electrons. The van der Waals surface area contributed by atoms with Gasteiger partial charge in [0.15, 0.2) is 6.61 Å². The van der Waals surface area contributed by atoms with Gasteiger partial charge in [0.05, 0.1) is 16.1 Å². The Morgan fingerprint density at radius 3 is 2.65 bits per heavy atom. The number of carbonyl (C=O) groups is 2. The van der Waals surface area contributed by atoms with Crippen LogP contribution in [0.2, 0.25) is 10.0 Å². The molecule has 0 unspecified atom stereocenters. The van der Waals surface area contributed by atoms with E-state index < -0.39 is 5.41 Å². The van der Waals surface area contributed by atoms with Crippen molar-refractivity contribution in [2.45, 2.75) is 27.7 Å². The monoisotopic (exact) mass is 464 g/mol. The number of benzene rings is 2. The van der Waals surface area contributed by atoms with E-state index in [1.54, 1.807) is 41.3 Å². The van der Waals surface area contributed by atoms with Crippen molar-refractivity contribution in [3.05, 3.63) is 46.4 Å². The molecular weight excluding hydrogens is 439 g/mol. The van der Waals surface area contributed by atoms with E-state index in [9.17, 15) is 9.59 Å². The highest BCUT2D eigenvalue weighted by Gasteiger charge is 2.38. The average molecular weight is 465 g/mol. The summed E-state index contributed by atoms with van der Waals surface area (Å²) in [6, 6.07) is 10.0. The summed E-state index contributed by atoms with van der Waals surface area (Å²) in [5, 5.41) is 3.61. The highest BCUT2D eigenvalue weighted by Crippen LogP contribution is 2.38. The van der Waals surface area contributed by atoms with Crippen molar-refractivity contribution in [3.8, 4) is 11.5 Å². The molecule has 0 aromatic heterocycles. The van der Waals surface area contributed by atoms with E-state index in [2.05, 4.69) is 19.2 Å². The number of nitrogens with zero attached hydrogens (tertiary/aromatic N) is 1. The number of anilines is 2. The molecule has 0 saturated heterocycles. The lowest BCUT2D eigenvalue weighted by molar-refractivity contribution is -0.127. The maximum atomic E-state index is 13.1. The zero-order valence-corrected chi connectivity index (χ0v) is 19.5. The van der Waals surface area contributed by atoms with Crippen LogP contribution in [0.25, 0.3) is 0 Å². The van der Waals surface area contributed by atoms with E-state index in [-0.39, 0.29) is 30.9 Å². The molecule has 31 heavy (non-hydrogen) atoms. The van der Waals surface area contributed by atoms with E-state index in [1.165, 1.54) is 0 Å². The fraction of sp³-hybridized carbons (Fsp3) is 0.391.